The fraction of sp³-hybridized carbons (Fsp3) is 0. The van der Waals surface area contributed by atoms with Crippen LogP contribution in [0.3, 0.4) is 0 Å². The molecule has 0 spiro atoms. The summed E-state index contributed by atoms with van der Waals surface area (Å²) in [7, 11) is 0. The van der Waals surface area contributed by atoms with Crippen molar-refractivity contribution < 1.29 is 0 Å². The van der Waals surface area contributed by atoms with Crippen LogP contribution < -0.4 is 0 Å². The molecule has 0 aliphatic heterocycles. The van der Waals surface area contributed by atoms with Crippen molar-refractivity contribution in [2.45, 2.75) is 0 Å². The van der Waals surface area contributed by atoms with Crippen LogP contribution in [-0.2, 0) is 0 Å². The van der Waals surface area contributed by atoms with Gasteiger partial charge in [-0.3, -0.25) is 0 Å². The van der Waals surface area contributed by atoms with E-state index in [-0.39, 0.29) is 0 Å². The Labute approximate surface area is 256 Å². The van der Waals surface area contributed by atoms with Crippen molar-refractivity contribution in [2.24, 2.45) is 0 Å². The molecule has 9 aromatic carbocycles. The highest BCUT2D eigenvalue weighted by Crippen LogP contribution is 2.47. The summed E-state index contributed by atoms with van der Waals surface area (Å²) in [6.07, 6.45) is 0. The van der Waals surface area contributed by atoms with Gasteiger partial charge in [-0.05, 0) is 93.3 Å². The summed E-state index contributed by atoms with van der Waals surface area (Å²) in [5.41, 5.74) is 7.62. The Balaban J connectivity index is 1.37. The molecule has 0 heterocycles. The van der Waals surface area contributed by atoms with Crippen LogP contribution in [0.4, 0.5) is 0 Å². The largest absolute Gasteiger partial charge is 0.0622 e. The zero-order chi connectivity index (χ0) is 29.0. The Morgan fingerprint density at radius 1 is 0.227 bits per heavy atom. The molecule has 0 heteroatoms. The van der Waals surface area contributed by atoms with Crippen LogP contribution in [0, 0.1) is 0 Å². The van der Waals surface area contributed by atoms with Gasteiger partial charge in [0.15, 0.2) is 0 Å². The Bertz CT molecular complexity index is 2480. The summed E-state index contributed by atoms with van der Waals surface area (Å²) >= 11 is 0. The first-order valence-electron chi connectivity index (χ1n) is 15.3. The first-order valence-corrected chi connectivity index (χ1v) is 15.3. The maximum absolute atomic E-state index is 2.33. The molecule has 0 aliphatic rings. The van der Waals surface area contributed by atoms with Crippen LogP contribution in [0.15, 0.2) is 170 Å². The third-order valence-corrected chi connectivity index (χ3v) is 9.24. The first-order chi connectivity index (χ1) is 21.8. The quantitative estimate of drug-likeness (QED) is 0.150. The van der Waals surface area contributed by atoms with Crippen LogP contribution in [0.5, 0.6) is 0 Å². The fourth-order valence-corrected chi connectivity index (χ4v) is 7.28. The highest BCUT2D eigenvalue weighted by atomic mass is 14.2. The molecular weight excluding hydrogens is 528 g/mol. The predicted octanol–water partition coefficient (Wildman–Crippen LogP) is 12.5. The average Bonchev–Trinajstić information content (AvgIpc) is 3.10. The maximum atomic E-state index is 2.33. The van der Waals surface area contributed by atoms with Crippen molar-refractivity contribution in [3.8, 4) is 33.4 Å². The molecular formula is C44H28. The van der Waals surface area contributed by atoms with E-state index in [1.165, 1.54) is 87.2 Å². The number of hydrogen-bond acceptors (Lipinski definition) is 0. The summed E-state index contributed by atoms with van der Waals surface area (Å²) in [6, 6.07) is 62.3. The maximum Gasteiger partial charge on any atom is -0.00201 e. The molecule has 0 saturated heterocycles. The predicted molar refractivity (Wildman–Crippen MR) is 190 cm³/mol. The van der Waals surface area contributed by atoms with Crippen LogP contribution in [0.1, 0.15) is 0 Å². The molecule has 0 radical (unpaired) electrons. The molecule has 0 saturated carbocycles. The molecule has 0 aromatic heterocycles. The lowest BCUT2D eigenvalue weighted by atomic mass is 9.83. The van der Waals surface area contributed by atoms with Crippen LogP contribution in [0.25, 0.3) is 87.2 Å². The smallest absolute Gasteiger partial charge is 0.00201 e. The van der Waals surface area contributed by atoms with E-state index < -0.39 is 0 Å². The molecule has 9 aromatic rings. The minimum atomic E-state index is 1.24. The zero-order valence-corrected chi connectivity index (χ0v) is 24.2. The Hall–Kier alpha value is -5.72. The Kier molecular flexibility index (Phi) is 5.61. The van der Waals surface area contributed by atoms with E-state index in [0.717, 1.165) is 0 Å². The third-order valence-electron chi connectivity index (χ3n) is 9.24. The number of fused-ring (bicyclic) bond motifs is 6. The van der Waals surface area contributed by atoms with E-state index in [0.29, 0.717) is 0 Å². The van der Waals surface area contributed by atoms with E-state index in [1.807, 2.05) is 0 Å². The minimum Gasteiger partial charge on any atom is -0.0622 e. The molecule has 0 aliphatic carbocycles. The molecule has 44 heavy (non-hydrogen) atoms. The van der Waals surface area contributed by atoms with Crippen molar-refractivity contribution in [1.82, 2.24) is 0 Å². The average molecular weight is 557 g/mol. The molecule has 204 valence electrons. The van der Waals surface area contributed by atoms with E-state index in [9.17, 15) is 0 Å². The lowest BCUT2D eigenvalue weighted by Gasteiger charge is -2.20. The second kappa shape index (κ2) is 9.93. The first kappa shape index (κ1) is 24.8. The zero-order valence-electron chi connectivity index (χ0n) is 24.2. The summed E-state index contributed by atoms with van der Waals surface area (Å²) in [5, 5.41) is 12.8. The van der Waals surface area contributed by atoms with Gasteiger partial charge < -0.3 is 0 Å². The van der Waals surface area contributed by atoms with Crippen molar-refractivity contribution >= 4 is 53.9 Å². The second-order valence-electron chi connectivity index (χ2n) is 11.6. The van der Waals surface area contributed by atoms with Gasteiger partial charge in [-0.25, -0.2) is 0 Å². The highest BCUT2D eigenvalue weighted by molar-refractivity contribution is 6.26. The Morgan fingerprint density at radius 3 is 1.41 bits per heavy atom. The molecule has 0 nitrogen and oxygen atoms in total. The van der Waals surface area contributed by atoms with E-state index in [2.05, 4.69) is 170 Å². The van der Waals surface area contributed by atoms with Gasteiger partial charge in [0.1, 0.15) is 0 Å². The lowest BCUT2D eigenvalue weighted by Crippen LogP contribution is -1.92. The number of hydrogen-bond donors (Lipinski definition) is 0. The lowest BCUT2D eigenvalue weighted by molar-refractivity contribution is 1.64. The molecule has 0 fully saturated rings. The second-order valence-corrected chi connectivity index (χ2v) is 11.6. The van der Waals surface area contributed by atoms with Crippen LogP contribution in [0.2, 0.25) is 0 Å². The number of benzene rings is 9. The Morgan fingerprint density at radius 2 is 0.727 bits per heavy atom. The van der Waals surface area contributed by atoms with E-state index in [4.69, 9.17) is 0 Å². The monoisotopic (exact) mass is 556 g/mol. The van der Waals surface area contributed by atoms with Gasteiger partial charge in [-0.1, -0.05) is 164 Å². The SMILES string of the molecule is c1ccc(-c2ccc3c(-c4c5ccccc5c(-c5cccc6c5ccc5ccccc56)c5ccccc45)cccc3c2)cc1. The summed E-state index contributed by atoms with van der Waals surface area (Å²) in [5.74, 6) is 0. The minimum absolute atomic E-state index is 1.24. The van der Waals surface area contributed by atoms with Crippen LogP contribution >= 0.6 is 0 Å². The van der Waals surface area contributed by atoms with E-state index in [1.54, 1.807) is 0 Å². The van der Waals surface area contributed by atoms with Crippen LogP contribution in [-0.4, -0.2) is 0 Å². The third kappa shape index (κ3) is 3.78. The van der Waals surface area contributed by atoms with Crippen molar-refractivity contribution in [3.05, 3.63) is 170 Å². The van der Waals surface area contributed by atoms with Gasteiger partial charge >= 0.3 is 0 Å². The summed E-state index contributed by atoms with van der Waals surface area (Å²) < 4.78 is 0. The highest BCUT2D eigenvalue weighted by Gasteiger charge is 2.19. The fourth-order valence-electron chi connectivity index (χ4n) is 7.28. The number of rotatable bonds is 3. The van der Waals surface area contributed by atoms with Crippen molar-refractivity contribution in [3.63, 3.8) is 0 Å². The molecule has 0 N–H and O–H groups in total. The van der Waals surface area contributed by atoms with Gasteiger partial charge in [0, 0.05) is 0 Å². The van der Waals surface area contributed by atoms with Gasteiger partial charge in [0.25, 0.3) is 0 Å². The van der Waals surface area contributed by atoms with Gasteiger partial charge in [-0.2, -0.15) is 0 Å². The van der Waals surface area contributed by atoms with Gasteiger partial charge in [-0.15, -0.1) is 0 Å². The van der Waals surface area contributed by atoms with Gasteiger partial charge in [0.05, 0.1) is 0 Å². The topological polar surface area (TPSA) is 0 Å². The summed E-state index contributed by atoms with van der Waals surface area (Å²) in [4.78, 5) is 0. The molecule has 0 atom stereocenters. The van der Waals surface area contributed by atoms with Crippen molar-refractivity contribution in [1.29, 1.82) is 0 Å². The standard InChI is InChI=1S/C44H28/c1-2-12-29(13-3-1)31-25-26-34-32(28-31)15-10-22-37(34)43-39-17-6-8-19-41(39)44(42-20-9-7-18-40(42)43)38-23-11-21-35-33-16-5-4-14-30(33)24-27-36(35)38/h1-28H. The summed E-state index contributed by atoms with van der Waals surface area (Å²) in [6.45, 7) is 0. The molecule has 0 unspecified atom stereocenters. The molecule has 9 rings (SSSR count). The molecule has 0 amide bonds. The normalized spacial score (nSPS) is 11.6. The molecule has 0 bridgehead atoms. The van der Waals surface area contributed by atoms with Crippen molar-refractivity contribution in [2.75, 3.05) is 0 Å². The van der Waals surface area contributed by atoms with Gasteiger partial charge in [0.2, 0.25) is 0 Å². The van der Waals surface area contributed by atoms with E-state index >= 15 is 0 Å².